The molecule has 140 valence electrons. The number of ether oxygens (including phenoxy) is 2. The largest absolute Gasteiger partial charge is 0.490 e. The van der Waals surface area contributed by atoms with Gasteiger partial charge < -0.3 is 14.8 Å². The first-order valence-corrected chi connectivity index (χ1v) is 9.56. The minimum Gasteiger partial charge on any atom is -0.490 e. The third kappa shape index (κ3) is 5.33. The number of amides is 1. The number of aryl methyl sites for hydroxylation is 2. The van der Waals surface area contributed by atoms with Gasteiger partial charge in [0, 0.05) is 39.9 Å². The zero-order chi connectivity index (χ0) is 19.1. The van der Waals surface area contributed by atoms with Gasteiger partial charge in [0.05, 0.1) is 13.2 Å². The topological polar surface area (TPSA) is 64.6 Å². The van der Waals surface area contributed by atoms with Gasteiger partial charge in [-0.25, -0.2) is 0 Å². The van der Waals surface area contributed by atoms with E-state index in [0.717, 1.165) is 15.3 Å². The predicted octanol–water partition coefficient (Wildman–Crippen LogP) is 4.76. The second-order valence-corrected chi connectivity index (χ2v) is 7.29. The van der Waals surface area contributed by atoms with Gasteiger partial charge in [0.1, 0.15) is 0 Å². The molecule has 0 aliphatic heterocycles. The van der Waals surface area contributed by atoms with Gasteiger partial charge in [-0.05, 0) is 45.9 Å². The molecule has 0 aliphatic carbocycles. The van der Waals surface area contributed by atoms with Crippen LogP contribution in [0.2, 0.25) is 0 Å². The van der Waals surface area contributed by atoms with Crippen LogP contribution in [0.15, 0.2) is 24.3 Å². The van der Waals surface area contributed by atoms with Crippen molar-refractivity contribution in [2.24, 2.45) is 0 Å². The first-order valence-electron chi connectivity index (χ1n) is 8.74. The lowest BCUT2D eigenvalue weighted by molar-refractivity contribution is -0.116. The minimum atomic E-state index is -0.199. The number of ketones is 1. The number of hydrogen-bond acceptors (Lipinski definition) is 5. The molecule has 1 aromatic carbocycles. The van der Waals surface area contributed by atoms with E-state index in [4.69, 9.17) is 9.47 Å². The van der Waals surface area contributed by atoms with Gasteiger partial charge in [0.25, 0.3) is 0 Å². The molecule has 26 heavy (non-hydrogen) atoms. The molecule has 0 bridgehead atoms. The lowest BCUT2D eigenvalue weighted by Crippen LogP contribution is -2.13. The fourth-order valence-corrected chi connectivity index (χ4v) is 3.56. The molecule has 0 aliphatic rings. The quantitative estimate of drug-likeness (QED) is 0.642. The Morgan fingerprint density at radius 2 is 1.69 bits per heavy atom. The molecule has 2 aromatic rings. The molecule has 1 amide bonds. The molecule has 0 saturated heterocycles. The lowest BCUT2D eigenvalue weighted by atomic mass is 10.1. The molecular formula is C20H25NO4S. The van der Waals surface area contributed by atoms with Gasteiger partial charge in [0.15, 0.2) is 17.3 Å². The summed E-state index contributed by atoms with van der Waals surface area (Å²) in [6, 6.07) is 7.16. The Kier molecular flexibility index (Phi) is 7.21. The van der Waals surface area contributed by atoms with Crippen LogP contribution in [0, 0.1) is 13.8 Å². The summed E-state index contributed by atoms with van der Waals surface area (Å²) in [6.07, 6.45) is 0.336. The summed E-state index contributed by atoms with van der Waals surface area (Å²) in [4.78, 5) is 26.6. The van der Waals surface area contributed by atoms with Gasteiger partial charge in [-0.2, -0.15) is 0 Å². The van der Waals surface area contributed by atoms with Crippen molar-refractivity contribution in [3.8, 4) is 11.5 Å². The number of Topliss-reactive ketones (excluding diaryl/α,β-unsaturated/α-hetero) is 1. The highest BCUT2D eigenvalue weighted by Gasteiger charge is 2.14. The van der Waals surface area contributed by atoms with Gasteiger partial charge in [-0.15, -0.1) is 11.3 Å². The van der Waals surface area contributed by atoms with Crippen LogP contribution in [0.4, 0.5) is 5.69 Å². The summed E-state index contributed by atoms with van der Waals surface area (Å²) in [5.41, 5.74) is 1.34. The average molecular weight is 375 g/mol. The van der Waals surface area contributed by atoms with Crippen molar-refractivity contribution in [3.63, 3.8) is 0 Å². The highest BCUT2D eigenvalue weighted by molar-refractivity contribution is 7.12. The van der Waals surface area contributed by atoms with Crippen molar-refractivity contribution in [1.82, 2.24) is 0 Å². The van der Waals surface area contributed by atoms with Crippen LogP contribution in [0.1, 0.15) is 46.8 Å². The van der Waals surface area contributed by atoms with Crippen LogP contribution in [0.5, 0.6) is 11.5 Å². The summed E-state index contributed by atoms with van der Waals surface area (Å²) in [6.45, 7) is 8.74. The average Bonchev–Trinajstić information content (AvgIpc) is 2.94. The second-order valence-electron chi connectivity index (χ2n) is 5.83. The fourth-order valence-electron chi connectivity index (χ4n) is 2.62. The van der Waals surface area contributed by atoms with Crippen LogP contribution in [-0.4, -0.2) is 24.9 Å². The maximum absolute atomic E-state index is 12.3. The molecule has 1 aromatic heterocycles. The maximum atomic E-state index is 12.3. The van der Waals surface area contributed by atoms with Gasteiger partial charge in [0.2, 0.25) is 5.91 Å². The van der Waals surface area contributed by atoms with E-state index in [1.54, 1.807) is 29.5 Å². The number of hydrogen-bond donors (Lipinski definition) is 1. The standard InChI is InChI=1S/C20H25NO4S/c1-5-24-18-9-7-15(12-19(18)25-6-2)21-20(23)10-8-17(22)16-11-13(3)26-14(16)4/h7,9,11-12H,5-6,8,10H2,1-4H3,(H,21,23). The number of carbonyl (C=O) groups excluding carboxylic acids is 2. The zero-order valence-corrected chi connectivity index (χ0v) is 16.5. The molecule has 0 fully saturated rings. The van der Waals surface area contributed by atoms with Crippen molar-refractivity contribution in [1.29, 1.82) is 0 Å². The molecule has 0 spiro atoms. The third-order valence-corrected chi connectivity index (χ3v) is 4.71. The molecular weight excluding hydrogens is 350 g/mol. The summed E-state index contributed by atoms with van der Waals surface area (Å²) in [5.74, 6) is 1.04. The normalized spacial score (nSPS) is 10.5. The Morgan fingerprint density at radius 3 is 2.31 bits per heavy atom. The van der Waals surface area contributed by atoms with E-state index < -0.39 is 0 Å². The second kappa shape index (κ2) is 9.38. The predicted molar refractivity (Wildman–Crippen MR) is 105 cm³/mol. The first-order chi connectivity index (χ1) is 12.4. The van der Waals surface area contributed by atoms with E-state index >= 15 is 0 Å². The molecule has 5 nitrogen and oxygen atoms in total. The van der Waals surface area contributed by atoms with Crippen LogP contribution >= 0.6 is 11.3 Å². The molecule has 0 saturated carbocycles. The minimum absolute atomic E-state index is 0.00343. The Morgan fingerprint density at radius 1 is 1.00 bits per heavy atom. The van der Waals surface area contributed by atoms with Crippen molar-refractivity contribution in [2.45, 2.75) is 40.5 Å². The molecule has 0 unspecified atom stereocenters. The SMILES string of the molecule is CCOc1ccc(NC(=O)CCC(=O)c2cc(C)sc2C)cc1OCC. The Bertz CT molecular complexity index is 782. The summed E-state index contributed by atoms with van der Waals surface area (Å²) < 4.78 is 11.1. The van der Waals surface area contributed by atoms with E-state index in [-0.39, 0.29) is 24.5 Å². The smallest absolute Gasteiger partial charge is 0.224 e. The van der Waals surface area contributed by atoms with Crippen molar-refractivity contribution >= 4 is 28.7 Å². The number of nitrogens with one attached hydrogen (secondary N) is 1. The third-order valence-electron chi connectivity index (χ3n) is 3.75. The Labute approximate surface area is 158 Å². The summed E-state index contributed by atoms with van der Waals surface area (Å²) in [7, 11) is 0. The number of benzene rings is 1. The van der Waals surface area contributed by atoms with Crippen molar-refractivity contribution < 1.29 is 19.1 Å². The maximum Gasteiger partial charge on any atom is 0.224 e. The van der Waals surface area contributed by atoms with Gasteiger partial charge >= 0.3 is 0 Å². The van der Waals surface area contributed by atoms with Gasteiger partial charge in [-0.3, -0.25) is 9.59 Å². The zero-order valence-electron chi connectivity index (χ0n) is 15.7. The van der Waals surface area contributed by atoms with E-state index in [1.807, 2.05) is 33.8 Å². The highest BCUT2D eigenvalue weighted by atomic mass is 32.1. The highest BCUT2D eigenvalue weighted by Crippen LogP contribution is 2.30. The Balaban J connectivity index is 1.95. The molecule has 6 heteroatoms. The van der Waals surface area contributed by atoms with E-state index in [1.165, 1.54) is 0 Å². The van der Waals surface area contributed by atoms with Crippen molar-refractivity contribution in [3.05, 3.63) is 39.6 Å². The Hall–Kier alpha value is -2.34. The van der Waals surface area contributed by atoms with Crippen LogP contribution < -0.4 is 14.8 Å². The van der Waals surface area contributed by atoms with Crippen LogP contribution in [0.3, 0.4) is 0 Å². The molecule has 0 radical (unpaired) electrons. The first kappa shape index (κ1) is 20.0. The molecule has 2 rings (SSSR count). The number of thiophene rings is 1. The summed E-state index contributed by atoms with van der Waals surface area (Å²) >= 11 is 1.60. The van der Waals surface area contributed by atoms with Gasteiger partial charge in [-0.1, -0.05) is 0 Å². The number of anilines is 1. The van der Waals surface area contributed by atoms with Crippen molar-refractivity contribution in [2.75, 3.05) is 18.5 Å². The van der Waals surface area contributed by atoms with E-state index in [0.29, 0.717) is 30.4 Å². The molecule has 1 heterocycles. The number of carbonyl (C=O) groups is 2. The molecule has 1 N–H and O–H groups in total. The van der Waals surface area contributed by atoms with Crippen LogP contribution in [-0.2, 0) is 4.79 Å². The van der Waals surface area contributed by atoms with E-state index in [9.17, 15) is 9.59 Å². The van der Waals surface area contributed by atoms with Crippen LogP contribution in [0.25, 0.3) is 0 Å². The lowest BCUT2D eigenvalue weighted by Gasteiger charge is -2.13. The monoisotopic (exact) mass is 375 g/mol. The van der Waals surface area contributed by atoms with E-state index in [2.05, 4.69) is 5.32 Å². The fraction of sp³-hybridized carbons (Fsp3) is 0.400. The number of rotatable bonds is 9. The molecule has 0 atom stereocenters. The summed E-state index contributed by atoms with van der Waals surface area (Å²) in [5, 5.41) is 2.81.